The highest BCUT2D eigenvalue weighted by Gasteiger charge is 2.04. The number of hydrogen-bond acceptors (Lipinski definition) is 2. The summed E-state index contributed by atoms with van der Waals surface area (Å²) >= 11 is 0. The molecule has 0 aliphatic heterocycles. The molecule has 4 heteroatoms. The van der Waals surface area contributed by atoms with Crippen LogP contribution in [0.15, 0.2) is 47.5 Å². The number of hydrogen-bond donors (Lipinski definition) is 1. The molecule has 1 N–H and O–H groups in total. The van der Waals surface area contributed by atoms with Crippen LogP contribution in [0.3, 0.4) is 0 Å². The predicted molar refractivity (Wildman–Crippen MR) is 66.0 cm³/mol. The maximum Gasteiger partial charge on any atom is 0.266 e. The number of aromatic nitrogens is 3. The van der Waals surface area contributed by atoms with Gasteiger partial charge in [0.2, 0.25) is 0 Å². The van der Waals surface area contributed by atoms with Crippen molar-refractivity contribution < 1.29 is 0 Å². The van der Waals surface area contributed by atoms with Gasteiger partial charge in [-0.25, -0.2) is 9.50 Å². The lowest BCUT2D eigenvalue weighted by molar-refractivity contribution is 0.921. The fourth-order valence-corrected chi connectivity index (χ4v) is 1.94. The highest BCUT2D eigenvalue weighted by Crippen LogP contribution is 2.21. The molecule has 3 rings (SSSR count). The quantitative estimate of drug-likeness (QED) is 0.688. The third kappa shape index (κ3) is 1.63. The molecular weight excluding hydrogens is 214 g/mol. The standard InChI is InChI=1S/C13H11N3O/c1-9-4-2-3-5-11(9)10-7-14-12-6-13(17)15-16(12)8-10/h2-8H,1H3,(H,15,17). The summed E-state index contributed by atoms with van der Waals surface area (Å²) in [6, 6.07) is 9.56. The monoisotopic (exact) mass is 225 g/mol. The molecule has 0 bridgehead atoms. The third-order valence-electron chi connectivity index (χ3n) is 2.80. The minimum atomic E-state index is -0.139. The molecule has 4 nitrogen and oxygen atoms in total. The molecule has 0 aliphatic carbocycles. The van der Waals surface area contributed by atoms with E-state index in [0.29, 0.717) is 5.65 Å². The highest BCUT2D eigenvalue weighted by molar-refractivity contribution is 5.66. The second-order valence-electron chi connectivity index (χ2n) is 4.01. The Morgan fingerprint density at radius 2 is 2.12 bits per heavy atom. The van der Waals surface area contributed by atoms with Crippen LogP contribution in [0.5, 0.6) is 0 Å². The van der Waals surface area contributed by atoms with Gasteiger partial charge in [0, 0.05) is 24.0 Å². The van der Waals surface area contributed by atoms with Crippen molar-refractivity contribution in [3.8, 4) is 11.1 Å². The maximum absolute atomic E-state index is 11.2. The number of aromatic amines is 1. The molecule has 0 radical (unpaired) electrons. The molecule has 2 heterocycles. The van der Waals surface area contributed by atoms with E-state index in [2.05, 4.69) is 23.1 Å². The van der Waals surface area contributed by atoms with Crippen LogP contribution >= 0.6 is 0 Å². The van der Waals surface area contributed by atoms with Crippen LogP contribution in [0, 0.1) is 6.92 Å². The van der Waals surface area contributed by atoms with Crippen molar-refractivity contribution in [3.05, 3.63) is 58.6 Å². The summed E-state index contributed by atoms with van der Waals surface area (Å²) in [4.78, 5) is 15.4. The molecule has 0 amide bonds. The largest absolute Gasteiger partial charge is 0.268 e. The number of nitrogens with zero attached hydrogens (tertiary/aromatic N) is 2. The predicted octanol–water partition coefficient (Wildman–Crippen LogP) is 2.00. The Labute approximate surface area is 97.5 Å². The molecule has 0 spiro atoms. The van der Waals surface area contributed by atoms with Gasteiger partial charge in [0.05, 0.1) is 0 Å². The molecule has 0 saturated heterocycles. The molecule has 0 saturated carbocycles. The summed E-state index contributed by atoms with van der Waals surface area (Å²) in [5.74, 6) is 0. The average molecular weight is 225 g/mol. The first kappa shape index (κ1) is 9.84. The molecule has 3 aromatic rings. The van der Waals surface area contributed by atoms with E-state index >= 15 is 0 Å². The van der Waals surface area contributed by atoms with Crippen molar-refractivity contribution in [2.45, 2.75) is 6.92 Å². The molecule has 2 aromatic heterocycles. The first-order valence-corrected chi connectivity index (χ1v) is 5.37. The van der Waals surface area contributed by atoms with Gasteiger partial charge in [0.1, 0.15) is 0 Å². The van der Waals surface area contributed by atoms with Crippen LogP contribution in [0.1, 0.15) is 5.56 Å². The van der Waals surface area contributed by atoms with Crippen LogP contribution in [-0.4, -0.2) is 14.6 Å². The minimum absolute atomic E-state index is 0.139. The number of H-pyrrole nitrogens is 1. The molecule has 84 valence electrons. The van der Waals surface area contributed by atoms with Gasteiger partial charge in [0.15, 0.2) is 5.65 Å². The van der Waals surface area contributed by atoms with Gasteiger partial charge in [-0.05, 0) is 18.1 Å². The van der Waals surface area contributed by atoms with Crippen molar-refractivity contribution in [2.75, 3.05) is 0 Å². The van der Waals surface area contributed by atoms with E-state index in [-0.39, 0.29) is 5.56 Å². The summed E-state index contributed by atoms with van der Waals surface area (Å²) in [5, 5.41) is 2.69. The van der Waals surface area contributed by atoms with E-state index in [4.69, 9.17) is 0 Å². The summed E-state index contributed by atoms with van der Waals surface area (Å²) in [5.41, 5.74) is 3.79. The number of benzene rings is 1. The number of fused-ring (bicyclic) bond motifs is 1. The van der Waals surface area contributed by atoms with E-state index in [0.717, 1.165) is 11.1 Å². The van der Waals surface area contributed by atoms with Gasteiger partial charge < -0.3 is 0 Å². The summed E-state index contributed by atoms with van der Waals surface area (Å²) in [6.07, 6.45) is 3.66. The van der Waals surface area contributed by atoms with Crippen LogP contribution in [0.4, 0.5) is 0 Å². The first-order valence-electron chi connectivity index (χ1n) is 5.37. The summed E-state index contributed by atoms with van der Waals surface area (Å²) in [6.45, 7) is 2.05. The van der Waals surface area contributed by atoms with Crippen LogP contribution < -0.4 is 5.56 Å². The number of rotatable bonds is 1. The van der Waals surface area contributed by atoms with E-state index in [1.165, 1.54) is 11.6 Å². The lowest BCUT2D eigenvalue weighted by Gasteiger charge is -2.05. The van der Waals surface area contributed by atoms with Gasteiger partial charge in [-0.2, -0.15) is 0 Å². The second kappa shape index (κ2) is 3.59. The van der Waals surface area contributed by atoms with E-state index < -0.39 is 0 Å². The normalized spacial score (nSPS) is 10.9. The lowest BCUT2D eigenvalue weighted by Crippen LogP contribution is -1.98. The zero-order chi connectivity index (χ0) is 11.8. The van der Waals surface area contributed by atoms with Gasteiger partial charge >= 0.3 is 0 Å². The Hall–Kier alpha value is -2.36. The molecule has 1 aromatic carbocycles. The van der Waals surface area contributed by atoms with Crippen LogP contribution in [0.25, 0.3) is 16.8 Å². The van der Waals surface area contributed by atoms with Gasteiger partial charge in [0.25, 0.3) is 5.56 Å². The molecule has 0 atom stereocenters. The molecule has 0 unspecified atom stereocenters. The molecule has 0 aliphatic rings. The Morgan fingerprint density at radius 1 is 1.29 bits per heavy atom. The highest BCUT2D eigenvalue weighted by atomic mass is 16.1. The van der Waals surface area contributed by atoms with Crippen molar-refractivity contribution in [1.29, 1.82) is 0 Å². The van der Waals surface area contributed by atoms with E-state index in [1.54, 1.807) is 10.7 Å². The van der Waals surface area contributed by atoms with Gasteiger partial charge in [-0.1, -0.05) is 24.3 Å². The van der Waals surface area contributed by atoms with Crippen LogP contribution in [0.2, 0.25) is 0 Å². The summed E-state index contributed by atoms with van der Waals surface area (Å²) in [7, 11) is 0. The Morgan fingerprint density at radius 3 is 2.94 bits per heavy atom. The van der Waals surface area contributed by atoms with Crippen molar-refractivity contribution in [1.82, 2.24) is 14.6 Å². The maximum atomic E-state index is 11.2. The van der Waals surface area contributed by atoms with Crippen molar-refractivity contribution >= 4 is 5.65 Å². The average Bonchev–Trinajstić information content (AvgIpc) is 2.68. The topological polar surface area (TPSA) is 50.2 Å². The fraction of sp³-hybridized carbons (Fsp3) is 0.0769. The molecule has 17 heavy (non-hydrogen) atoms. The lowest BCUT2D eigenvalue weighted by atomic mass is 10.0. The van der Waals surface area contributed by atoms with E-state index in [1.807, 2.05) is 24.4 Å². The van der Waals surface area contributed by atoms with E-state index in [9.17, 15) is 4.79 Å². The van der Waals surface area contributed by atoms with Gasteiger partial charge in [-0.3, -0.25) is 9.89 Å². The first-order chi connectivity index (χ1) is 8.24. The SMILES string of the molecule is Cc1ccccc1-c1cnc2cc(=O)[nH]n2c1. The van der Waals surface area contributed by atoms with Crippen molar-refractivity contribution in [3.63, 3.8) is 0 Å². The minimum Gasteiger partial charge on any atom is -0.268 e. The third-order valence-corrected chi connectivity index (χ3v) is 2.80. The van der Waals surface area contributed by atoms with Crippen molar-refractivity contribution in [2.24, 2.45) is 0 Å². The Kier molecular flexibility index (Phi) is 2.08. The van der Waals surface area contributed by atoms with Crippen LogP contribution in [-0.2, 0) is 0 Å². The molecular formula is C13H11N3O. The second-order valence-corrected chi connectivity index (χ2v) is 4.01. The number of nitrogens with one attached hydrogen (secondary N) is 1. The fourth-order valence-electron chi connectivity index (χ4n) is 1.94. The summed E-state index contributed by atoms with van der Waals surface area (Å²) < 4.78 is 1.64. The number of aryl methyl sites for hydroxylation is 1. The smallest absolute Gasteiger partial charge is 0.266 e. The Balaban J connectivity index is 2.24. The zero-order valence-electron chi connectivity index (χ0n) is 9.34. The zero-order valence-corrected chi connectivity index (χ0v) is 9.34. The molecule has 0 fully saturated rings. The van der Waals surface area contributed by atoms with Gasteiger partial charge in [-0.15, -0.1) is 0 Å². The Bertz CT molecular complexity index is 740.